The van der Waals surface area contributed by atoms with Gasteiger partial charge in [0.1, 0.15) is 23.7 Å². The molecule has 2 aliphatic heterocycles. The van der Waals surface area contributed by atoms with E-state index in [4.69, 9.17) is 4.74 Å². The lowest BCUT2D eigenvalue weighted by Crippen LogP contribution is -2.70. The van der Waals surface area contributed by atoms with Crippen molar-refractivity contribution in [1.29, 1.82) is 0 Å². The molecule has 0 radical (unpaired) electrons. The second-order valence-corrected chi connectivity index (χ2v) is 9.63. The summed E-state index contributed by atoms with van der Waals surface area (Å²) in [6.45, 7) is 1.01. The summed E-state index contributed by atoms with van der Waals surface area (Å²) in [5.74, 6) is -2.68. The normalized spacial score (nSPS) is 18.8. The number of fused-ring (bicyclic) bond motifs is 1. The Morgan fingerprint density at radius 3 is 2.49 bits per heavy atom. The molecular formula is C25H25N5O6S. The maximum absolute atomic E-state index is 13.1. The lowest BCUT2D eigenvalue weighted by Gasteiger charge is -2.49. The molecule has 11 nitrogen and oxygen atoms in total. The van der Waals surface area contributed by atoms with Gasteiger partial charge in [-0.05, 0) is 36.4 Å². The molecule has 2 atom stereocenters. The van der Waals surface area contributed by atoms with Crippen molar-refractivity contribution in [3.63, 3.8) is 0 Å². The average Bonchev–Trinajstić information content (AvgIpc) is 2.88. The third-order valence-corrected chi connectivity index (χ3v) is 7.11. The van der Waals surface area contributed by atoms with Gasteiger partial charge in [-0.2, -0.15) is 5.11 Å². The van der Waals surface area contributed by atoms with Crippen LogP contribution in [-0.2, 0) is 19.1 Å². The molecule has 0 aliphatic carbocycles. The summed E-state index contributed by atoms with van der Waals surface area (Å²) < 4.78 is 4.94. The highest BCUT2D eigenvalue weighted by Crippen LogP contribution is 2.40. The third kappa shape index (κ3) is 5.48. The summed E-state index contributed by atoms with van der Waals surface area (Å²) in [6.07, 6.45) is 0. The Kier molecular flexibility index (Phi) is 7.58. The number of rotatable bonds is 8. The summed E-state index contributed by atoms with van der Waals surface area (Å²) in [5, 5.41) is 20.2. The minimum absolute atomic E-state index is 0.213. The molecule has 192 valence electrons. The number of carboxylic acid groups (broad SMARTS) is 1. The van der Waals surface area contributed by atoms with Gasteiger partial charge in [0.15, 0.2) is 0 Å². The van der Waals surface area contributed by atoms with Gasteiger partial charge in [-0.25, -0.2) is 4.79 Å². The molecule has 0 bridgehead atoms. The second kappa shape index (κ2) is 10.8. The van der Waals surface area contributed by atoms with Crippen LogP contribution in [0.5, 0.6) is 0 Å². The molecule has 2 aromatic rings. The van der Waals surface area contributed by atoms with Crippen LogP contribution in [0.3, 0.4) is 0 Å². The highest BCUT2D eigenvalue weighted by Gasteiger charge is 2.54. The first-order chi connectivity index (χ1) is 17.7. The van der Waals surface area contributed by atoms with Crippen LogP contribution in [0.1, 0.15) is 17.3 Å². The third-order valence-electron chi connectivity index (χ3n) is 5.77. The van der Waals surface area contributed by atoms with Gasteiger partial charge in [0.2, 0.25) is 0 Å². The number of nitrogens with one attached hydrogen (secondary N) is 1. The number of aliphatic carboxylic acids is 1. The van der Waals surface area contributed by atoms with Gasteiger partial charge in [0, 0.05) is 38.0 Å². The number of carbonyl (C=O) groups is 4. The van der Waals surface area contributed by atoms with Gasteiger partial charge in [-0.1, -0.05) is 12.1 Å². The van der Waals surface area contributed by atoms with Gasteiger partial charge < -0.3 is 20.1 Å². The van der Waals surface area contributed by atoms with Crippen LogP contribution in [0.4, 0.5) is 17.1 Å². The van der Waals surface area contributed by atoms with Crippen molar-refractivity contribution in [2.45, 2.75) is 18.3 Å². The first-order valence-electron chi connectivity index (χ1n) is 11.3. The van der Waals surface area contributed by atoms with Crippen molar-refractivity contribution >= 4 is 52.6 Å². The number of amides is 2. The molecule has 0 saturated carbocycles. The second-order valence-electron chi connectivity index (χ2n) is 8.53. The van der Waals surface area contributed by atoms with Crippen molar-refractivity contribution in [3.05, 3.63) is 65.4 Å². The number of azo groups is 1. The number of nitrogens with zero attached hydrogens (tertiary/aromatic N) is 4. The molecule has 2 amide bonds. The van der Waals surface area contributed by atoms with Crippen molar-refractivity contribution in [2.24, 2.45) is 10.2 Å². The van der Waals surface area contributed by atoms with Crippen LogP contribution in [0.25, 0.3) is 0 Å². The summed E-state index contributed by atoms with van der Waals surface area (Å²) in [4.78, 5) is 52.1. The first kappa shape index (κ1) is 25.9. The van der Waals surface area contributed by atoms with Crippen LogP contribution in [0.2, 0.25) is 0 Å². The highest BCUT2D eigenvalue weighted by atomic mass is 32.2. The topological polar surface area (TPSA) is 141 Å². The molecule has 37 heavy (non-hydrogen) atoms. The fourth-order valence-corrected chi connectivity index (χ4v) is 5.21. The van der Waals surface area contributed by atoms with Crippen LogP contribution >= 0.6 is 11.8 Å². The maximum Gasteiger partial charge on any atom is 0.352 e. The van der Waals surface area contributed by atoms with Crippen LogP contribution in [0.15, 0.2) is 70.0 Å². The number of esters is 1. The number of thioether (sulfide) groups is 1. The lowest BCUT2D eigenvalue weighted by atomic mass is 10.0. The van der Waals surface area contributed by atoms with E-state index in [1.165, 1.54) is 18.7 Å². The van der Waals surface area contributed by atoms with Gasteiger partial charge in [0.25, 0.3) is 11.8 Å². The predicted octanol–water partition coefficient (Wildman–Crippen LogP) is 3.08. The average molecular weight is 524 g/mol. The van der Waals surface area contributed by atoms with Crippen molar-refractivity contribution in [3.8, 4) is 0 Å². The quantitative estimate of drug-likeness (QED) is 0.306. The molecule has 1 saturated heterocycles. The summed E-state index contributed by atoms with van der Waals surface area (Å²) in [7, 11) is 3.87. The molecule has 0 aromatic heterocycles. The van der Waals surface area contributed by atoms with Gasteiger partial charge >= 0.3 is 11.9 Å². The number of hydrogen-bond acceptors (Lipinski definition) is 9. The maximum atomic E-state index is 13.1. The first-order valence-corrected chi connectivity index (χ1v) is 12.3. The zero-order valence-electron chi connectivity index (χ0n) is 20.4. The van der Waals surface area contributed by atoms with E-state index in [9.17, 15) is 24.3 Å². The lowest BCUT2D eigenvalue weighted by molar-refractivity contribution is -0.149. The Labute approximate surface area is 217 Å². The van der Waals surface area contributed by atoms with E-state index in [0.717, 1.165) is 10.6 Å². The van der Waals surface area contributed by atoms with E-state index < -0.39 is 35.2 Å². The summed E-state index contributed by atoms with van der Waals surface area (Å²) >= 11 is 1.29. The molecule has 2 heterocycles. The fraction of sp³-hybridized carbons (Fsp3) is 0.280. The zero-order chi connectivity index (χ0) is 26.7. The van der Waals surface area contributed by atoms with Gasteiger partial charge in [-0.3, -0.25) is 19.3 Å². The molecule has 12 heteroatoms. The Bertz CT molecular complexity index is 1310. The highest BCUT2D eigenvalue weighted by molar-refractivity contribution is 8.00. The smallest absolute Gasteiger partial charge is 0.352 e. The summed E-state index contributed by atoms with van der Waals surface area (Å²) in [6, 6.07) is 13.1. The number of carbonyl (C=O) groups excluding carboxylic acids is 3. The predicted molar refractivity (Wildman–Crippen MR) is 137 cm³/mol. The molecule has 1 unspecified atom stereocenters. The van der Waals surface area contributed by atoms with Gasteiger partial charge in [-0.15, -0.1) is 16.9 Å². The van der Waals surface area contributed by atoms with Crippen molar-refractivity contribution in [2.75, 3.05) is 31.4 Å². The van der Waals surface area contributed by atoms with Crippen LogP contribution in [-0.4, -0.2) is 71.6 Å². The summed E-state index contributed by atoms with van der Waals surface area (Å²) in [5.41, 5.74) is 2.29. The number of β-lactam (4-membered cyclic amide) rings is 1. The Morgan fingerprint density at radius 1 is 1.14 bits per heavy atom. The monoisotopic (exact) mass is 523 g/mol. The van der Waals surface area contributed by atoms with Crippen molar-refractivity contribution < 1.29 is 29.0 Å². The van der Waals surface area contributed by atoms with Gasteiger partial charge in [0.05, 0.1) is 16.9 Å². The molecule has 1 fully saturated rings. The fourth-order valence-electron chi connectivity index (χ4n) is 3.88. The zero-order valence-corrected chi connectivity index (χ0v) is 21.2. The van der Waals surface area contributed by atoms with E-state index in [-0.39, 0.29) is 23.6 Å². The number of ether oxygens (including phenoxy) is 1. The number of hydrogen-bond donors (Lipinski definition) is 2. The van der Waals surface area contributed by atoms with E-state index in [2.05, 4.69) is 15.5 Å². The molecular weight excluding hydrogens is 498 g/mol. The number of anilines is 1. The minimum atomic E-state index is -1.30. The number of benzene rings is 2. The van der Waals surface area contributed by atoms with Crippen molar-refractivity contribution in [1.82, 2.24) is 10.2 Å². The molecule has 4 rings (SSSR count). The number of carboxylic acids is 1. The van der Waals surface area contributed by atoms with Crippen LogP contribution < -0.4 is 10.2 Å². The molecule has 2 aliphatic rings. The largest absolute Gasteiger partial charge is 0.477 e. The minimum Gasteiger partial charge on any atom is -0.477 e. The Hall–Kier alpha value is -4.19. The Balaban J connectivity index is 1.48. The standard InChI is InChI=1S/C25H25N5O6S/c1-14(31)36-12-15-13-37-24-20(23(33)30(24)21(15)25(34)35)26-22(32)18-6-4-5-7-19(18)28-27-16-8-10-17(11-9-16)29(2)3/h4-11,20,24H,12-13H2,1-3H3,(H,26,32)(H,34,35)/t20-,24?/m1/s1. The Morgan fingerprint density at radius 2 is 1.84 bits per heavy atom. The SMILES string of the molecule is CC(=O)OCC1=C(C(=O)O)N2C(=O)[C@@H](NC(=O)c3ccccc3N=Nc3ccc(N(C)C)cc3)C2SC1. The van der Waals surface area contributed by atoms with E-state index in [0.29, 0.717) is 16.9 Å². The van der Waals surface area contributed by atoms with E-state index >= 15 is 0 Å². The molecule has 2 N–H and O–H groups in total. The van der Waals surface area contributed by atoms with E-state index in [1.807, 2.05) is 43.3 Å². The molecule has 2 aromatic carbocycles. The van der Waals surface area contributed by atoms with Crippen LogP contribution in [0, 0.1) is 0 Å². The van der Waals surface area contributed by atoms with E-state index in [1.54, 1.807) is 24.3 Å². The molecule has 0 spiro atoms.